The van der Waals surface area contributed by atoms with Crippen LogP contribution in [0, 0.1) is 6.92 Å². The molecule has 2 N–H and O–H groups in total. The van der Waals surface area contributed by atoms with E-state index in [0.717, 1.165) is 29.3 Å². The van der Waals surface area contributed by atoms with Gasteiger partial charge in [0.1, 0.15) is 11.9 Å². The molecule has 3 rings (SSSR count). The van der Waals surface area contributed by atoms with Crippen molar-refractivity contribution >= 4 is 11.3 Å². The Morgan fingerprint density at radius 2 is 2.33 bits per heavy atom. The SMILES string of the molecule is Cc1nc(CC(N)C2Cc3ccccc3O2)cs1. The summed E-state index contributed by atoms with van der Waals surface area (Å²) in [5.41, 5.74) is 8.57. The Kier molecular flexibility index (Phi) is 3.06. The molecule has 2 unspecified atom stereocenters. The molecule has 2 atom stereocenters. The lowest BCUT2D eigenvalue weighted by Crippen LogP contribution is -2.39. The Hall–Kier alpha value is -1.39. The van der Waals surface area contributed by atoms with Crippen LogP contribution in [0.25, 0.3) is 0 Å². The Morgan fingerprint density at radius 1 is 1.50 bits per heavy atom. The molecule has 0 bridgehead atoms. The summed E-state index contributed by atoms with van der Waals surface area (Å²) in [5, 5.41) is 3.17. The first-order chi connectivity index (χ1) is 8.72. The second-order valence-corrected chi connectivity index (χ2v) is 5.76. The maximum Gasteiger partial charge on any atom is 0.123 e. The molecule has 2 aromatic rings. The Bertz CT molecular complexity index is 527. The van der Waals surface area contributed by atoms with Crippen molar-refractivity contribution in [1.82, 2.24) is 4.98 Å². The number of nitrogens with zero attached hydrogens (tertiary/aromatic N) is 1. The number of aryl methyl sites for hydroxylation is 1. The molecule has 0 aliphatic carbocycles. The average Bonchev–Trinajstić information content (AvgIpc) is 2.95. The first-order valence-corrected chi connectivity index (χ1v) is 7.01. The third-order valence-electron chi connectivity index (χ3n) is 3.26. The number of fused-ring (bicyclic) bond motifs is 1. The van der Waals surface area contributed by atoms with E-state index < -0.39 is 0 Å². The fraction of sp³-hybridized carbons (Fsp3) is 0.357. The van der Waals surface area contributed by atoms with Crippen molar-refractivity contribution in [2.75, 3.05) is 0 Å². The van der Waals surface area contributed by atoms with Crippen molar-refractivity contribution in [1.29, 1.82) is 0 Å². The normalized spacial score (nSPS) is 19.3. The van der Waals surface area contributed by atoms with E-state index in [1.165, 1.54) is 5.56 Å². The number of hydrogen-bond donors (Lipinski definition) is 1. The van der Waals surface area contributed by atoms with Gasteiger partial charge in [-0.15, -0.1) is 11.3 Å². The topological polar surface area (TPSA) is 48.1 Å². The molecule has 3 nitrogen and oxygen atoms in total. The van der Waals surface area contributed by atoms with Crippen molar-refractivity contribution in [3.05, 3.63) is 45.9 Å². The minimum Gasteiger partial charge on any atom is -0.488 e. The summed E-state index contributed by atoms with van der Waals surface area (Å²) in [4.78, 5) is 4.45. The second-order valence-electron chi connectivity index (χ2n) is 4.69. The van der Waals surface area contributed by atoms with Gasteiger partial charge in [-0.25, -0.2) is 4.98 Å². The van der Waals surface area contributed by atoms with E-state index in [1.54, 1.807) is 11.3 Å². The lowest BCUT2D eigenvalue weighted by Gasteiger charge is -2.18. The van der Waals surface area contributed by atoms with E-state index in [-0.39, 0.29) is 12.1 Å². The zero-order valence-electron chi connectivity index (χ0n) is 10.3. The number of para-hydroxylation sites is 1. The largest absolute Gasteiger partial charge is 0.488 e. The fourth-order valence-corrected chi connectivity index (χ4v) is 2.95. The molecule has 0 amide bonds. The van der Waals surface area contributed by atoms with Crippen LogP contribution in [0.1, 0.15) is 16.3 Å². The van der Waals surface area contributed by atoms with Crippen LogP contribution in [-0.2, 0) is 12.8 Å². The van der Waals surface area contributed by atoms with E-state index in [9.17, 15) is 0 Å². The van der Waals surface area contributed by atoms with Gasteiger partial charge in [0.15, 0.2) is 0 Å². The molecule has 18 heavy (non-hydrogen) atoms. The minimum atomic E-state index is -0.00102. The molecule has 2 heterocycles. The van der Waals surface area contributed by atoms with Gasteiger partial charge in [-0.3, -0.25) is 0 Å². The van der Waals surface area contributed by atoms with Crippen molar-refractivity contribution in [2.24, 2.45) is 5.73 Å². The molecule has 1 aromatic carbocycles. The quantitative estimate of drug-likeness (QED) is 0.921. The molecule has 1 aliphatic rings. The van der Waals surface area contributed by atoms with Gasteiger partial charge in [0.25, 0.3) is 0 Å². The van der Waals surface area contributed by atoms with Crippen LogP contribution < -0.4 is 10.5 Å². The third kappa shape index (κ3) is 2.26. The summed E-state index contributed by atoms with van der Waals surface area (Å²) in [5.74, 6) is 0.979. The molecule has 1 aromatic heterocycles. The summed E-state index contributed by atoms with van der Waals surface area (Å²) in [7, 11) is 0. The smallest absolute Gasteiger partial charge is 0.123 e. The highest BCUT2D eigenvalue weighted by molar-refractivity contribution is 7.09. The number of rotatable bonds is 3. The minimum absolute atomic E-state index is 0.00102. The van der Waals surface area contributed by atoms with Crippen molar-refractivity contribution in [3.8, 4) is 5.75 Å². The van der Waals surface area contributed by atoms with Crippen molar-refractivity contribution in [2.45, 2.75) is 31.9 Å². The zero-order valence-corrected chi connectivity index (χ0v) is 11.1. The molecule has 0 saturated carbocycles. The van der Waals surface area contributed by atoms with Gasteiger partial charge < -0.3 is 10.5 Å². The summed E-state index contributed by atoms with van der Waals surface area (Å²) >= 11 is 1.67. The van der Waals surface area contributed by atoms with Gasteiger partial charge in [0.2, 0.25) is 0 Å². The predicted octanol–water partition coefficient (Wildman–Crippen LogP) is 2.33. The predicted molar refractivity (Wildman–Crippen MR) is 73.1 cm³/mol. The number of thiazole rings is 1. The van der Waals surface area contributed by atoms with Crippen LogP contribution >= 0.6 is 11.3 Å². The second kappa shape index (κ2) is 4.71. The molecule has 94 valence electrons. The number of ether oxygens (including phenoxy) is 1. The van der Waals surface area contributed by atoms with Crippen LogP contribution in [-0.4, -0.2) is 17.1 Å². The van der Waals surface area contributed by atoms with Crippen LogP contribution in [0.3, 0.4) is 0 Å². The molecule has 0 fully saturated rings. The van der Waals surface area contributed by atoms with Crippen LogP contribution in [0.4, 0.5) is 0 Å². The number of nitrogens with two attached hydrogens (primary N) is 1. The van der Waals surface area contributed by atoms with Gasteiger partial charge in [0, 0.05) is 24.3 Å². The maximum absolute atomic E-state index is 6.24. The van der Waals surface area contributed by atoms with Crippen molar-refractivity contribution < 1.29 is 4.74 Å². The van der Waals surface area contributed by atoms with Gasteiger partial charge in [0.05, 0.1) is 10.7 Å². The molecular weight excluding hydrogens is 244 g/mol. The molecule has 0 spiro atoms. The zero-order chi connectivity index (χ0) is 12.5. The van der Waals surface area contributed by atoms with Gasteiger partial charge in [-0.2, -0.15) is 0 Å². The highest BCUT2D eigenvalue weighted by atomic mass is 32.1. The average molecular weight is 260 g/mol. The molecule has 0 saturated heterocycles. The first-order valence-electron chi connectivity index (χ1n) is 6.13. The summed E-state index contributed by atoms with van der Waals surface area (Å²) < 4.78 is 5.90. The summed E-state index contributed by atoms with van der Waals surface area (Å²) in [6.07, 6.45) is 1.76. The highest BCUT2D eigenvalue weighted by Crippen LogP contribution is 2.29. The fourth-order valence-electron chi connectivity index (χ4n) is 2.32. The van der Waals surface area contributed by atoms with Crippen molar-refractivity contribution in [3.63, 3.8) is 0 Å². The lowest BCUT2D eigenvalue weighted by atomic mass is 10.0. The number of aromatic nitrogens is 1. The van der Waals surface area contributed by atoms with Crippen LogP contribution in [0.2, 0.25) is 0 Å². The van der Waals surface area contributed by atoms with E-state index in [1.807, 2.05) is 25.1 Å². The first kappa shape index (κ1) is 11.7. The number of hydrogen-bond acceptors (Lipinski definition) is 4. The standard InChI is InChI=1S/C14H16N2OS/c1-9-16-11(8-18-9)7-12(15)14-6-10-4-2-3-5-13(10)17-14/h2-5,8,12,14H,6-7,15H2,1H3. The molecule has 0 radical (unpaired) electrons. The Morgan fingerprint density at radius 3 is 3.06 bits per heavy atom. The van der Waals surface area contributed by atoms with Crippen LogP contribution in [0.15, 0.2) is 29.6 Å². The maximum atomic E-state index is 6.24. The number of benzene rings is 1. The van der Waals surface area contributed by atoms with Gasteiger partial charge in [-0.1, -0.05) is 18.2 Å². The van der Waals surface area contributed by atoms with E-state index in [2.05, 4.69) is 16.4 Å². The Labute approximate surface area is 111 Å². The molecular formula is C14H16N2OS. The van der Waals surface area contributed by atoms with E-state index >= 15 is 0 Å². The molecule has 4 heteroatoms. The van der Waals surface area contributed by atoms with E-state index in [4.69, 9.17) is 10.5 Å². The van der Waals surface area contributed by atoms with Gasteiger partial charge >= 0.3 is 0 Å². The third-order valence-corrected chi connectivity index (χ3v) is 4.08. The molecule has 1 aliphatic heterocycles. The summed E-state index contributed by atoms with van der Waals surface area (Å²) in [6.45, 7) is 2.02. The van der Waals surface area contributed by atoms with Crippen LogP contribution in [0.5, 0.6) is 5.75 Å². The van der Waals surface area contributed by atoms with Gasteiger partial charge in [-0.05, 0) is 18.6 Å². The summed E-state index contributed by atoms with van der Waals surface area (Å²) in [6, 6.07) is 8.15. The highest BCUT2D eigenvalue weighted by Gasteiger charge is 2.28. The lowest BCUT2D eigenvalue weighted by molar-refractivity contribution is 0.197. The monoisotopic (exact) mass is 260 g/mol. The van der Waals surface area contributed by atoms with E-state index in [0.29, 0.717) is 0 Å². The Balaban J connectivity index is 1.67.